The average Bonchev–Trinajstić information content (AvgIpc) is 3.10. The zero-order valence-corrected chi connectivity index (χ0v) is 12.8. The lowest BCUT2D eigenvalue weighted by molar-refractivity contribution is -0.113. The topological polar surface area (TPSA) is 50.5 Å². The van der Waals surface area contributed by atoms with Crippen LogP contribution in [0.2, 0.25) is 5.02 Å². The zero-order valence-electron chi connectivity index (χ0n) is 11.2. The monoisotopic (exact) mass is 331 g/mol. The van der Waals surface area contributed by atoms with Gasteiger partial charge < -0.3 is 4.42 Å². The summed E-state index contributed by atoms with van der Waals surface area (Å²) in [5.41, 5.74) is 0.505. The van der Waals surface area contributed by atoms with Crippen molar-refractivity contribution in [3.63, 3.8) is 0 Å². The van der Waals surface area contributed by atoms with E-state index in [2.05, 4.69) is 0 Å². The van der Waals surface area contributed by atoms with E-state index in [-0.39, 0.29) is 11.1 Å². The van der Waals surface area contributed by atoms with Crippen molar-refractivity contribution in [3.8, 4) is 0 Å². The number of benzene rings is 1. The lowest BCUT2D eigenvalue weighted by Gasteiger charge is -2.11. The Morgan fingerprint density at radius 3 is 2.59 bits per heavy atom. The molecule has 0 atom stereocenters. The Morgan fingerprint density at radius 1 is 1.14 bits per heavy atom. The largest absolute Gasteiger partial charge is 0.465 e. The molecule has 2 heterocycles. The minimum atomic E-state index is -0.346. The van der Waals surface area contributed by atoms with E-state index in [0.717, 1.165) is 16.7 Å². The number of carbonyl (C=O) groups excluding carboxylic acids is 2. The number of halogens is 1. The number of anilines is 1. The molecule has 1 saturated heterocycles. The maximum absolute atomic E-state index is 12.3. The van der Waals surface area contributed by atoms with E-state index in [1.54, 1.807) is 60.9 Å². The van der Waals surface area contributed by atoms with E-state index in [1.807, 2.05) is 0 Å². The van der Waals surface area contributed by atoms with Crippen LogP contribution in [0, 0.1) is 0 Å². The van der Waals surface area contributed by atoms with Gasteiger partial charge in [0.2, 0.25) is 0 Å². The van der Waals surface area contributed by atoms with Gasteiger partial charge in [-0.2, -0.15) is 0 Å². The lowest BCUT2D eigenvalue weighted by Crippen LogP contribution is -2.27. The number of nitrogens with zero attached hydrogens (tertiary/aromatic N) is 1. The summed E-state index contributed by atoms with van der Waals surface area (Å²) < 4.78 is 5.15. The van der Waals surface area contributed by atoms with Crippen LogP contribution in [0.5, 0.6) is 0 Å². The van der Waals surface area contributed by atoms with Crippen LogP contribution in [-0.2, 0) is 4.79 Å². The van der Waals surface area contributed by atoms with Crippen molar-refractivity contribution >= 4 is 46.3 Å². The number of allylic oxidation sites excluding steroid dienone is 2. The summed E-state index contributed by atoms with van der Waals surface area (Å²) in [7, 11) is 0. The predicted octanol–water partition coefficient (Wildman–Crippen LogP) is 4.73. The number of furan rings is 1. The van der Waals surface area contributed by atoms with Gasteiger partial charge in [-0.1, -0.05) is 17.7 Å². The second kappa shape index (κ2) is 6.25. The highest BCUT2D eigenvalue weighted by atomic mass is 35.5. The van der Waals surface area contributed by atoms with Crippen molar-refractivity contribution < 1.29 is 14.0 Å². The Morgan fingerprint density at radius 2 is 1.91 bits per heavy atom. The Labute approximate surface area is 136 Å². The summed E-state index contributed by atoms with van der Waals surface area (Å²) in [6.07, 6.45) is 6.56. The standard InChI is InChI=1S/C16H10ClNO3S/c17-11-6-8-12(9-7-11)18-15(19)14(22-16(18)20)5-1-3-13-4-2-10-21-13/h1-10H/b3-1+,14-5-. The van der Waals surface area contributed by atoms with Gasteiger partial charge in [-0.25, -0.2) is 4.90 Å². The smallest absolute Gasteiger partial charge is 0.298 e. The fraction of sp³-hybridized carbons (Fsp3) is 0. The van der Waals surface area contributed by atoms with Crippen LogP contribution in [0.15, 0.2) is 64.1 Å². The first kappa shape index (κ1) is 14.7. The SMILES string of the molecule is O=C1S/C(=C\C=C\c2ccco2)C(=O)N1c1ccc(Cl)cc1. The highest BCUT2D eigenvalue weighted by Gasteiger charge is 2.35. The van der Waals surface area contributed by atoms with Crippen LogP contribution in [-0.4, -0.2) is 11.1 Å². The van der Waals surface area contributed by atoms with E-state index in [1.165, 1.54) is 0 Å². The van der Waals surface area contributed by atoms with E-state index in [0.29, 0.717) is 21.4 Å². The average molecular weight is 332 g/mol. The molecule has 3 rings (SSSR count). The van der Waals surface area contributed by atoms with Gasteiger partial charge in [-0.15, -0.1) is 0 Å². The molecule has 1 aliphatic rings. The molecule has 0 unspecified atom stereocenters. The van der Waals surface area contributed by atoms with Crippen molar-refractivity contribution in [3.05, 3.63) is 70.5 Å². The molecule has 0 aliphatic carbocycles. The van der Waals surface area contributed by atoms with Crippen molar-refractivity contribution in [2.45, 2.75) is 0 Å². The first-order valence-electron chi connectivity index (χ1n) is 6.39. The van der Waals surface area contributed by atoms with Gasteiger partial charge in [-0.3, -0.25) is 9.59 Å². The van der Waals surface area contributed by atoms with Crippen LogP contribution in [0.4, 0.5) is 10.5 Å². The predicted molar refractivity (Wildman–Crippen MR) is 87.8 cm³/mol. The molecule has 2 aromatic rings. The van der Waals surface area contributed by atoms with Crippen LogP contribution in [0.1, 0.15) is 5.76 Å². The number of imide groups is 1. The molecule has 6 heteroatoms. The second-order valence-electron chi connectivity index (χ2n) is 4.39. The molecule has 0 radical (unpaired) electrons. The van der Waals surface area contributed by atoms with Gasteiger partial charge in [-0.05, 0) is 60.3 Å². The number of hydrogen-bond donors (Lipinski definition) is 0. The van der Waals surface area contributed by atoms with Crippen molar-refractivity contribution in [1.82, 2.24) is 0 Å². The van der Waals surface area contributed by atoms with Gasteiger partial charge in [0, 0.05) is 5.02 Å². The van der Waals surface area contributed by atoms with E-state index >= 15 is 0 Å². The minimum absolute atomic E-state index is 0.329. The Kier molecular flexibility index (Phi) is 4.18. The van der Waals surface area contributed by atoms with E-state index in [9.17, 15) is 9.59 Å². The first-order valence-corrected chi connectivity index (χ1v) is 7.58. The molecule has 110 valence electrons. The van der Waals surface area contributed by atoms with Crippen LogP contribution in [0.25, 0.3) is 6.08 Å². The highest BCUT2D eigenvalue weighted by Crippen LogP contribution is 2.34. The Hall–Kier alpha value is -2.24. The van der Waals surface area contributed by atoms with Crippen molar-refractivity contribution in [2.75, 3.05) is 4.90 Å². The third-order valence-corrected chi connectivity index (χ3v) is 4.07. The molecule has 0 N–H and O–H groups in total. The fourth-order valence-corrected chi connectivity index (χ4v) is 2.83. The van der Waals surface area contributed by atoms with Gasteiger partial charge >= 0.3 is 0 Å². The maximum Gasteiger partial charge on any atom is 0.298 e. The first-order chi connectivity index (χ1) is 10.6. The quantitative estimate of drug-likeness (QED) is 0.763. The molecule has 1 aromatic carbocycles. The van der Waals surface area contributed by atoms with Crippen LogP contribution < -0.4 is 4.90 Å². The molecular weight excluding hydrogens is 322 g/mol. The van der Waals surface area contributed by atoms with Gasteiger partial charge in [0.05, 0.1) is 16.9 Å². The number of thioether (sulfide) groups is 1. The molecule has 1 aromatic heterocycles. The number of hydrogen-bond acceptors (Lipinski definition) is 4. The highest BCUT2D eigenvalue weighted by molar-refractivity contribution is 8.18. The molecule has 22 heavy (non-hydrogen) atoms. The maximum atomic E-state index is 12.3. The van der Waals surface area contributed by atoms with Gasteiger partial charge in [0.15, 0.2) is 0 Å². The molecule has 0 saturated carbocycles. The van der Waals surface area contributed by atoms with Gasteiger partial charge in [0.25, 0.3) is 11.1 Å². The van der Waals surface area contributed by atoms with Crippen molar-refractivity contribution in [1.29, 1.82) is 0 Å². The summed E-state index contributed by atoms with van der Waals surface area (Å²) in [5, 5.41) is 0.220. The van der Waals surface area contributed by atoms with Crippen LogP contribution in [0.3, 0.4) is 0 Å². The number of amides is 2. The molecule has 1 aliphatic heterocycles. The van der Waals surface area contributed by atoms with E-state index < -0.39 is 0 Å². The third-order valence-electron chi connectivity index (χ3n) is 2.93. The third kappa shape index (κ3) is 3.00. The van der Waals surface area contributed by atoms with Crippen molar-refractivity contribution in [2.24, 2.45) is 0 Å². The Bertz CT molecular complexity index is 763. The summed E-state index contributed by atoms with van der Waals surface area (Å²) >= 11 is 6.72. The zero-order chi connectivity index (χ0) is 15.5. The normalized spacial score (nSPS) is 17.1. The number of carbonyl (C=O) groups is 2. The van der Waals surface area contributed by atoms with E-state index in [4.69, 9.17) is 16.0 Å². The molecular formula is C16H10ClNO3S. The molecule has 4 nitrogen and oxygen atoms in total. The second-order valence-corrected chi connectivity index (χ2v) is 5.82. The fourth-order valence-electron chi connectivity index (χ4n) is 1.91. The lowest BCUT2D eigenvalue weighted by atomic mass is 10.3. The molecule has 0 spiro atoms. The van der Waals surface area contributed by atoms with Gasteiger partial charge in [0.1, 0.15) is 5.76 Å². The minimum Gasteiger partial charge on any atom is -0.465 e. The molecule has 2 amide bonds. The van der Waals surface area contributed by atoms with Crippen LogP contribution >= 0.6 is 23.4 Å². The molecule has 0 bridgehead atoms. The summed E-state index contributed by atoms with van der Waals surface area (Å²) in [6.45, 7) is 0. The summed E-state index contributed by atoms with van der Waals surface area (Å²) in [5.74, 6) is 0.328. The molecule has 1 fully saturated rings. The Balaban J connectivity index is 1.80. The summed E-state index contributed by atoms with van der Waals surface area (Å²) in [6, 6.07) is 10.1. The number of rotatable bonds is 3. The summed E-state index contributed by atoms with van der Waals surface area (Å²) in [4.78, 5) is 25.8.